The monoisotopic (exact) mass is 286 g/mol. The van der Waals surface area contributed by atoms with Crippen molar-refractivity contribution in [1.82, 2.24) is 0 Å². The average Bonchev–Trinajstić information content (AvgIpc) is 3.38. The molecule has 1 saturated heterocycles. The number of hydrogen-bond acceptors (Lipinski definition) is 4. The maximum Gasteiger partial charge on any atom is 0.161 e. The summed E-state index contributed by atoms with van der Waals surface area (Å²) in [5.41, 5.74) is 1.87. The van der Waals surface area contributed by atoms with E-state index in [0.717, 1.165) is 11.1 Å². The van der Waals surface area contributed by atoms with Gasteiger partial charge < -0.3 is 19.3 Å². The van der Waals surface area contributed by atoms with Gasteiger partial charge in [-0.25, -0.2) is 0 Å². The number of hydrogen-bond donors (Lipinski definition) is 1. The first-order chi connectivity index (χ1) is 10.3. The predicted molar refractivity (Wildman–Crippen MR) is 78.5 cm³/mol. The van der Waals surface area contributed by atoms with Gasteiger partial charge in [-0.1, -0.05) is 36.4 Å². The summed E-state index contributed by atoms with van der Waals surface area (Å²) in [6.45, 7) is 1.08. The molecule has 0 radical (unpaired) electrons. The number of methoxy groups -OCH3 is 1. The Kier molecular flexibility index (Phi) is 4.08. The number of epoxide rings is 1. The van der Waals surface area contributed by atoms with E-state index in [0.29, 0.717) is 24.7 Å². The van der Waals surface area contributed by atoms with Crippen molar-refractivity contribution in [2.75, 3.05) is 13.7 Å². The van der Waals surface area contributed by atoms with Gasteiger partial charge in [0.1, 0.15) is 18.8 Å². The Morgan fingerprint density at radius 3 is 2.62 bits per heavy atom. The summed E-state index contributed by atoms with van der Waals surface area (Å²) >= 11 is 0. The van der Waals surface area contributed by atoms with Crippen LogP contribution in [0.1, 0.15) is 17.2 Å². The number of ether oxygens (including phenoxy) is 3. The summed E-state index contributed by atoms with van der Waals surface area (Å²) in [4.78, 5) is 0. The molecule has 1 aliphatic rings. The molecule has 2 aromatic carbocycles. The van der Waals surface area contributed by atoms with Gasteiger partial charge in [0.2, 0.25) is 0 Å². The topological polar surface area (TPSA) is 51.2 Å². The third-order valence-corrected chi connectivity index (χ3v) is 3.48. The second kappa shape index (κ2) is 6.16. The van der Waals surface area contributed by atoms with Crippen molar-refractivity contribution in [2.45, 2.75) is 18.8 Å². The highest BCUT2D eigenvalue weighted by Gasteiger charge is 2.32. The van der Waals surface area contributed by atoms with Crippen molar-refractivity contribution >= 4 is 0 Å². The van der Waals surface area contributed by atoms with Gasteiger partial charge in [0.05, 0.1) is 13.7 Å². The fraction of sp³-hybridized carbons (Fsp3) is 0.294. The van der Waals surface area contributed by atoms with Gasteiger partial charge in [0, 0.05) is 0 Å². The van der Waals surface area contributed by atoms with E-state index in [1.165, 1.54) is 0 Å². The smallest absolute Gasteiger partial charge is 0.161 e. The molecule has 1 heterocycles. The molecule has 3 rings (SSSR count). The van der Waals surface area contributed by atoms with Crippen LogP contribution in [-0.2, 0) is 11.3 Å². The Morgan fingerprint density at radius 1 is 1.19 bits per heavy atom. The lowest BCUT2D eigenvalue weighted by atomic mass is 10.1. The molecule has 4 heteroatoms. The zero-order chi connectivity index (χ0) is 14.7. The van der Waals surface area contributed by atoms with Crippen LogP contribution in [0, 0.1) is 0 Å². The Bertz CT molecular complexity index is 593. The van der Waals surface area contributed by atoms with E-state index in [-0.39, 0.29) is 6.10 Å². The molecule has 110 valence electrons. The molecule has 2 unspecified atom stereocenters. The summed E-state index contributed by atoms with van der Waals surface area (Å²) in [6, 6.07) is 15.4. The summed E-state index contributed by atoms with van der Waals surface area (Å²) in [6.07, 6.45) is -0.701. The van der Waals surface area contributed by atoms with Gasteiger partial charge in [-0.2, -0.15) is 0 Å². The van der Waals surface area contributed by atoms with Crippen molar-refractivity contribution < 1.29 is 19.3 Å². The van der Waals surface area contributed by atoms with E-state index in [4.69, 9.17) is 14.2 Å². The standard InChI is InChI=1S/C17H18O4/c1-19-15-9-13(17(18)16-11-21-16)7-8-14(15)20-10-12-5-3-2-4-6-12/h2-9,16-18H,10-11H2,1H3. The first-order valence-corrected chi connectivity index (χ1v) is 6.92. The van der Waals surface area contributed by atoms with Crippen molar-refractivity contribution in [3.8, 4) is 11.5 Å². The Morgan fingerprint density at radius 2 is 1.95 bits per heavy atom. The average molecular weight is 286 g/mol. The zero-order valence-electron chi connectivity index (χ0n) is 11.9. The summed E-state index contributed by atoms with van der Waals surface area (Å²) < 4.78 is 16.2. The molecule has 1 fully saturated rings. The predicted octanol–water partition coefficient (Wildman–Crippen LogP) is 2.71. The molecule has 0 bridgehead atoms. The maximum atomic E-state index is 10.1. The van der Waals surface area contributed by atoms with Gasteiger partial charge in [-0.15, -0.1) is 0 Å². The molecule has 2 aromatic rings. The SMILES string of the molecule is COc1cc(C(O)C2CO2)ccc1OCc1ccccc1. The molecule has 0 amide bonds. The highest BCUT2D eigenvalue weighted by atomic mass is 16.6. The van der Waals surface area contributed by atoms with E-state index in [1.54, 1.807) is 13.2 Å². The van der Waals surface area contributed by atoms with E-state index >= 15 is 0 Å². The van der Waals surface area contributed by atoms with Gasteiger partial charge in [-0.05, 0) is 23.3 Å². The quantitative estimate of drug-likeness (QED) is 0.830. The summed E-state index contributed by atoms with van der Waals surface area (Å²) in [5.74, 6) is 1.28. The Balaban J connectivity index is 1.72. The minimum absolute atomic E-state index is 0.0919. The van der Waals surface area contributed by atoms with Gasteiger partial charge in [0.15, 0.2) is 11.5 Å². The second-order valence-electron chi connectivity index (χ2n) is 5.00. The van der Waals surface area contributed by atoms with Crippen molar-refractivity contribution in [3.05, 3.63) is 59.7 Å². The molecule has 0 aromatic heterocycles. The fourth-order valence-corrected chi connectivity index (χ4v) is 2.18. The van der Waals surface area contributed by atoms with E-state index in [1.807, 2.05) is 42.5 Å². The second-order valence-corrected chi connectivity index (χ2v) is 5.00. The maximum absolute atomic E-state index is 10.1. The van der Waals surface area contributed by atoms with Crippen molar-refractivity contribution in [1.29, 1.82) is 0 Å². The molecule has 0 spiro atoms. The third kappa shape index (κ3) is 3.35. The van der Waals surface area contributed by atoms with Crippen molar-refractivity contribution in [3.63, 3.8) is 0 Å². The zero-order valence-corrected chi connectivity index (χ0v) is 11.9. The number of benzene rings is 2. The van der Waals surface area contributed by atoms with Crippen LogP contribution in [0.3, 0.4) is 0 Å². The molecule has 1 N–H and O–H groups in total. The van der Waals surface area contributed by atoms with Gasteiger partial charge >= 0.3 is 0 Å². The summed E-state index contributed by atoms with van der Waals surface area (Å²) in [7, 11) is 1.59. The number of rotatable bonds is 6. The lowest BCUT2D eigenvalue weighted by molar-refractivity contribution is 0.136. The van der Waals surface area contributed by atoms with Gasteiger partial charge in [0.25, 0.3) is 0 Å². The number of aliphatic hydroxyl groups is 1. The van der Waals surface area contributed by atoms with Crippen LogP contribution in [0.25, 0.3) is 0 Å². The molecular formula is C17H18O4. The molecule has 0 aliphatic carbocycles. The Labute approximate surface area is 123 Å². The highest BCUT2D eigenvalue weighted by molar-refractivity contribution is 5.44. The van der Waals surface area contributed by atoms with Crippen LogP contribution in [0.4, 0.5) is 0 Å². The Hall–Kier alpha value is -2.04. The lowest BCUT2D eigenvalue weighted by Gasteiger charge is -2.14. The first-order valence-electron chi connectivity index (χ1n) is 6.92. The van der Waals surface area contributed by atoms with Crippen LogP contribution in [0.15, 0.2) is 48.5 Å². The van der Waals surface area contributed by atoms with E-state index in [9.17, 15) is 5.11 Å². The largest absolute Gasteiger partial charge is 0.493 e. The molecular weight excluding hydrogens is 268 g/mol. The summed E-state index contributed by atoms with van der Waals surface area (Å²) in [5, 5.41) is 10.1. The lowest BCUT2D eigenvalue weighted by Crippen LogP contribution is -2.06. The molecule has 2 atom stereocenters. The van der Waals surface area contributed by atoms with E-state index in [2.05, 4.69) is 0 Å². The molecule has 4 nitrogen and oxygen atoms in total. The van der Waals surface area contributed by atoms with Crippen LogP contribution in [-0.4, -0.2) is 24.9 Å². The van der Waals surface area contributed by atoms with Crippen LogP contribution in [0.5, 0.6) is 11.5 Å². The van der Waals surface area contributed by atoms with E-state index < -0.39 is 6.10 Å². The minimum Gasteiger partial charge on any atom is -0.493 e. The van der Waals surface area contributed by atoms with Gasteiger partial charge in [-0.3, -0.25) is 0 Å². The van der Waals surface area contributed by atoms with Crippen molar-refractivity contribution in [2.24, 2.45) is 0 Å². The molecule has 21 heavy (non-hydrogen) atoms. The highest BCUT2D eigenvalue weighted by Crippen LogP contribution is 2.34. The number of aliphatic hydroxyl groups excluding tert-OH is 1. The molecule has 1 aliphatic heterocycles. The molecule has 0 saturated carbocycles. The van der Waals surface area contributed by atoms with Crippen LogP contribution in [0.2, 0.25) is 0 Å². The fourth-order valence-electron chi connectivity index (χ4n) is 2.18. The minimum atomic E-state index is -0.609. The third-order valence-electron chi connectivity index (χ3n) is 3.48. The first kappa shape index (κ1) is 13.9. The van der Waals surface area contributed by atoms with Crippen LogP contribution >= 0.6 is 0 Å². The van der Waals surface area contributed by atoms with Crippen LogP contribution < -0.4 is 9.47 Å². The normalized spacial score (nSPS) is 18.1.